The molecule has 0 unspecified atom stereocenters. The van der Waals surface area contributed by atoms with Crippen molar-refractivity contribution in [1.82, 2.24) is 24.1 Å². The van der Waals surface area contributed by atoms with Gasteiger partial charge in [0.15, 0.2) is 17.5 Å². The predicted molar refractivity (Wildman–Crippen MR) is 235 cm³/mol. The van der Waals surface area contributed by atoms with E-state index in [1.807, 2.05) is 0 Å². The molecule has 0 aliphatic rings. The van der Waals surface area contributed by atoms with Gasteiger partial charge in [0.1, 0.15) is 0 Å². The summed E-state index contributed by atoms with van der Waals surface area (Å²) in [6.07, 6.45) is 0. The molecule has 0 aliphatic carbocycles. The molecule has 8 aromatic carbocycles. The average molecular weight is 762 g/mol. The van der Waals surface area contributed by atoms with E-state index in [-0.39, 0.29) is 5.56 Å². The van der Waals surface area contributed by atoms with Crippen LogP contribution in [0.1, 0.15) is 49.4 Å². The first kappa shape index (κ1) is 13.8. The number of rotatable bonds is 6. The number of benzene rings is 8. The Balaban J connectivity index is 1.27. The Morgan fingerprint density at radius 3 is 1.51 bits per heavy atom. The molecule has 3 aromatic heterocycles. The van der Waals surface area contributed by atoms with Crippen molar-refractivity contribution in [3.8, 4) is 56.7 Å². The van der Waals surface area contributed by atoms with Crippen molar-refractivity contribution in [2.24, 2.45) is 0 Å². The van der Waals surface area contributed by atoms with Crippen LogP contribution in [-0.2, 0) is 0 Å². The van der Waals surface area contributed by atoms with Crippen molar-refractivity contribution in [3.05, 3.63) is 199 Å². The van der Waals surface area contributed by atoms with Crippen molar-refractivity contribution >= 4 is 43.6 Å². The van der Waals surface area contributed by atoms with Gasteiger partial charge in [-0.05, 0) is 90.1 Å². The second kappa shape index (κ2) is 13.3. The largest absolute Gasteiger partial charge is 0.309 e. The van der Waals surface area contributed by atoms with Crippen molar-refractivity contribution in [2.45, 2.75) is 6.92 Å². The molecule has 3 heterocycles. The highest BCUT2D eigenvalue weighted by Crippen LogP contribution is 2.38. The maximum Gasteiger partial charge on any atom is 0.164 e. The molecule has 11 rings (SSSR count). The van der Waals surface area contributed by atoms with Crippen LogP contribution in [0.15, 0.2) is 193 Å². The number of hydrogen-bond donors (Lipinski definition) is 0. The van der Waals surface area contributed by atoms with Crippen molar-refractivity contribution in [1.29, 1.82) is 0 Å². The fraction of sp³-hybridized carbons (Fsp3) is 0.0192. The molecule has 0 atom stereocenters. The SMILES string of the molecule is [2H]c1c([2H])c([2H])c(-c2nc(-c3c([2H])c([2H])c(-n4c5c([2H])c([2H])c(-n6c7c([2H])c([2H])c([2H])c([2H])c7c7c([2H])c([2H])c([2H])c([2H])c76)c([2H])c5c5c([2H])c([2H])c(C)c([2H])c54)c([2H])c3[2H])nc(-c3c([2H])c([2H])c([2H])c(-c4c([2H])c([2H])c([2H])c([2H])c4[2H])c3[2H])n2)c([2H])c1[2H]. The topological polar surface area (TPSA) is 48.5 Å². The van der Waals surface area contributed by atoms with Crippen LogP contribution in [-0.4, -0.2) is 24.1 Å². The fourth-order valence-corrected chi connectivity index (χ4v) is 6.22. The lowest BCUT2D eigenvalue weighted by atomic mass is 10.0. The average Bonchev–Trinajstić information content (AvgIpc) is 1.55. The fourth-order valence-electron chi connectivity index (χ4n) is 6.22. The van der Waals surface area contributed by atoms with E-state index in [1.54, 1.807) is 0 Å². The molecule has 0 spiro atoms. The van der Waals surface area contributed by atoms with E-state index >= 15 is 0 Å². The van der Waals surface area contributed by atoms with Crippen LogP contribution < -0.4 is 0 Å². The molecule has 0 amide bonds. The van der Waals surface area contributed by atoms with Gasteiger partial charge < -0.3 is 9.13 Å². The highest BCUT2D eigenvalue weighted by atomic mass is 15.0. The zero-order valence-corrected chi connectivity index (χ0v) is 28.7. The molecular weight excluding hydrogens is 695 g/mol. The normalized spacial score (nSPS) is 19.5. The van der Waals surface area contributed by atoms with Gasteiger partial charge in [-0.25, -0.2) is 15.0 Å². The molecule has 0 radical (unpaired) electrons. The zero-order valence-electron chi connectivity index (χ0n) is 60.7. The van der Waals surface area contributed by atoms with Crippen molar-refractivity contribution in [2.75, 3.05) is 0 Å². The Kier molecular flexibility index (Phi) is 3.23. The first-order valence-corrected chi connectivity index (χ1v) is 16.7. The van der Waals surface area contributed by atoms with Crippen LogP contribution in [0.2, 0.25) is 0 Å². The van der Waals surface area contributed by atoms with Gasteiger partial charge in [0, 0.05) is 49.6 Å². The van der Waals surface area contributed by atoms with Crippen LogP contribution in [0.4, 0.5) is 0 Å². The summed E-state index contributed by atoms with van der Waals surface area (Å²) >= 11 is 0. The molecule has 0 saturated heterocycles. The summed E-state index contributed by atoms with van der Waals surface area (Å²) < 4.78 is 289. The van der Waals surface area contributed by atoms with E-state index in [2.05, 4.69) is 15.0 Å². The van der Waals surface area contributed by atoms with E-state index in [4.69, 9.17) is 30.2 Å². The highest BCUT2D eigenvalue weighted by Gasteiger charge is 2.18. The minimum atomic E-state index is -1.12. The third-order valence-corrected chi connectivity index (χ3v) is 8.67. The molecule has 5 nitrogen and oxygen atoms in total. The Bertz CT molecular complexity index is 5020. The summed E-state index contributed by atoms with van der Waals surface area (Å²) in [7, 11) is 0. The van der Waals surface area contributed by atoms with Gasteiger partial charge >= 0.3 is 0 Å². The number of fused-ring (bicyclic) bond motifs is 6. The minimum Gasteiger partial charge on any atom is -0.309 e. The van der Waals surface area contributed by atoms with E-state index in [0.717, 1.165) is 9.13 Å². The molecule has 57 heavy (non-hydrogen) atoms. The summed E-state index contributed by atoms with van der Waals surface area (Å²) in [6.45, 7) is 1.25. The number of para-hydroxylation sites is 2. The third-order valence-electron chi connectivity index (χ3n) is 8.67. The predicted octanol–water partition coefficient (Wildman–Crippen LogP) is 13.0. The maximum absolute atomic E-state index is 9.98. The van der Waals surface area contributed by atoms with Crippen molar-refractivity contribution in [3.63, 3.8) is 0 Å². The first-order chi connectivity index (χ1) is 41.5. The number of nitrogens with zero attached hydrogens (tertiary/aromatic N) is 5. The molecule has 0 fully saturated rings. The Morgan fingerprint density at radius 2 is 0.825 bits per heavy atom. The molecule has 0 aliphatic heterocycles. The quantitative estimate of drug-likeness (QED) is 0.170. The Labute approximate surface area is 374 Å². The molecular formula is C52H35N5. The first-order valence-electron chi connectivity index (χ1n) is 32.7. The monoisotopic (exact) mass is 761 g/mol. The molecule has 0 N–H and O–H groups in total. The second-order valence-electron chi connectivity index (χ2n) is 12.1. The molecule has 0 saturated carbocycles. The van der Waals surface area contributed by atoms with Crippen LogP contribution in [0, 0.1) is 6.92 Å². The van der Waals surface area contributed by atoms with Gasteiger partial charge in [-0.15, -0.1) is 0 Å². The maximum atomic E-state index is 9.98. The van der Waals surface area contributed by atoms with Crippen LogP contribution in [0.25, 0.3) is 100 Å². The van der Waals surface area contributed by atoms with E-state index in [0.29, 0.717) is 0 Å². The second-order valence-corrected chi connectivity index (χ2v) is 12.1. The summed E-state index contributed by atoms with van der Waals surface area (Å²) in [5.74, 6) is -2.82. The van der Waals surface area contributed by atoms with Crippen LogP contribution in [0.5, 0.6) is 0 Å². The molecule has 268 valence electrons. The summed E-state index contributed by atoms with van der Waals surface area (Å²) in [4.78, 5) is 12.9. The number of aromatic nitrogens is 5. The van der Waals surface area contributed by atoms with Gasteiger partial charge in [-0.3, -0.25) is 0 Å². The number of hydrogen-bond acceptors (Lipinski definition) is 3. The van der Waals surface area contributed by atoms with Crippen LogP contribution in [0.3, 0.4) is 0 Å². The molecule has 0 bridgehead atoms. The lowest BCUT2D eigenvalue weighted by molar-refractivity contribution is 1.07. The van der Waals surface area contributed by atoms with Gasteiger partial charge in [-0.2, -0.15) is 0 Å². The lowest BCUT2D eigenvalue weighted by Crippen LogP contribution is -2.01. The third kappa shape index (κ3) is 5.59. The van der Waals surface area contributed by atoms with E-state index in [1.165, 1.54) is 6.92 Å². The van der Waals surface area contributed by atoms with E-state index in [9.17, 15) is 13.7 Å². The summed E-state index contributed by atoms with van der Waals surface area (Å²) in [5, 5.41) is -2.07. The highest BCUT2D eigenvalue weighted by molar-refractivity contribution is 6.12. The Morgan fingerprint density at radius 1 is 0.333 bits per heavy atom. The summed E-state index contributed by atoms with van der Waals surface area (Å²) in [5.41, 5.74) is -8.43. The zero-order chi connectivity index (χ0) is 65.7. The standard InChI is InChI=1S/C52H35N5/c1-34-23-29-44-45-33-41(57-46-21-10-8-19-42(46)43-20-9-11-22-47(43)57)28-30-48(45)56(49(44)31-34)40-26-24-37(25-27-40)51-53-50(36-15-6-3-7-16-36)54-52(55-51)39-18-12-17-38(32-39)35-13-4-2-5-14-35/h2-33H,1H3/i2D,3D,4D,5D,6D,7D,8D,9D,10D,11D,12D,13D,14D,15D,16D,17D,18D,19D,20D,21D,22D,23D,24D,25D,26D,27D,28D,29D,30D,31D,32D,33D. The van der Waals surface area contributed by atoms with Gasteiger partial charge in [0.25, 0.3) is 0 Å². The van der Waals surface area contributed by atoms with E-state index < -0.39 is 294 Å². The summed E-state index contributed by atoms with van der Waals surface area (Å²) in [6, 6.07) is -29.4. The molecule has 11 aromatic rings. The smallest absolute Gasteiger partial charge is 0.164 e. The minimum absolute atomic E-state index is 0.235. The van der Waals surface area contributed by atoms with Crippen molar-refractivity contribution < 1.29 is 43.9 Å². The van der Waals surface area contributed by atoms with Crippen LogP contribution >= 0.6 is 0 Å². The van der Waals surface area contributed by atoms with Gasteiger partial charge in [0.2, 0.25) is 0 Å². The van der Waals surface area contributed by atoms with Gasteiger partial charge in [-0.1, -0.05) is 127 Å². The van der Waals surface area contributed by atoms with Gasteiger partial charge in [0.05, 0.1) is 65.9 Å². The Hall–Kier alpha value is -7.63. The molecule has 5 heteroatoms. The lowest BCUT2D eigenvalue weighted by Gasteiger charge is -2.12.